The molecule has 1 aliphatic heterocycles. The number of urea groups is 1. The molecule has 0 atom stereocenters. The molecule has 0 saturated heterocycles. The summed E-state index contributed by atoms with van der Waals surface area (Å²) < 4.78 is 0. The first-order valence-corrected chi connectivity index (χ1v) is 9.76. The Morgan fingerprint density at radius 3 is 2.28 bits per heavy atom. The van der Waals surface area contributed by atoms with Gasteiger partial charge in [-0.05, 0) is 66.1 Å². The fourth-order valence-electron chi connectivity index (χ4n) is 3.40. The summed E-state index contributed by atoms with van der Waals surface area (Å²) >= 11 is 5.86. The smallest absolute Gasteiger partial charge is 0.323 e. The van der Waals surface area contributed by atoms with Crippen LogP contribution in [0.3, 0.4) is 0 Å². The molecule has 1 aliphatic rings. The Bertz CT molecular complexity index is 1040. The SMILES string of the molecule is O=C(Nc1ccc(Cl)cc1)Nc1ccc2c(c1)CN(C(=O)c1ccccc1)CC2. The molecule has 0 fully saturated rings. The van der Waals surface area contributed by atoms with Gasteiger partial charge in [-0.3, -0.25) is 4.79 Å². The van der Waals surface area contributed by atoms with E-state index in [0.717, 1.165) is 12.0 Å². The number of nitrogens with zero attached hydrogens (tertiary/aromatic N) is 1. The Hall–Kier alpha value is -3.31. The first kappa shape index (κ1) is 19.0. The number of benzene rings is 3. The molecule has 0 spiro atoms. The van der Waals surface area contributed by atoms with Crippen LogP contribution < -0.4 is 10.6 Å². The maximum atomic E-state index is 12.7. The minimum absolute atomic E-state index is 0.0232. The molecule has 0 radical (unpaired) electrons. The summed E-state index contributed by atoms with van der Waals surface area (Å²) in [4.78, 5) is 26.9. The molecule has 3 amide bonds. The zero-order valence-corrected chi connectivity index (χ0v) is 16.4. The Morgan fingerprint density at radius 1 is 0.828 bits per heavy atom. The van der Waals surface area contributed by atoms with E-state index in [4.69, 9.17) is 11.6 Å². The lowest BCUT2D eigenvalue weighted by Gasteiger charge is -2.29. The molecular formula is C23H20ClN3O2. The van der Waals surface area contributed by atoms with Crippen LogP contribution in [0.25, 0.3) is 0 Å². The lowest BCUT2D eigenvalue weighted by molar-refractivity contribution is 0.0734. The van der Waals surface area contributed by atoms with Crippen LogP contribution in [0.4, 0.5) is 16.2 Å². The van der Waals surface area contributed by atoms with Crippen LogP contribution in [0.1, 0.15) is 21.5 Å². The summed E-state index contributed by atoms with van der Waals surface area (Å²) in [6.07, 6.45) is 0.797. The molecule has 0 unspecified atom stereocenters. The monoisotopic (exact) mass is 405 g/mol. The normalized spacial score (nSPS) is 12.8. The number of fused-ring (bicyclic) bond motifs is 1. The van der Waals surface area contributed by atoms with Crippen molar-refractivity contribution in [1.82, 2.24) is 4.90 Å². The standard InChI is InChI=1S/C23H20ClN3O2/c24-19-7-10-20(11-8-19)25-23(29)26-21-9-6-16-12-13-27(15-18(16)14-21)22(28)17-4-2-1-3-5-17/h1-11,14H,12-13,15H2,(H2,25,26,29). The largest absolute Gasteiger partial charge is 0.334 e. The molecule has 0 bridgehead atoms. The van der Waals surface area contributed by atoms with E-state index in [1.165, 1.54) is 5.56 Å². The summed E-state index contributed by atoms with van der Waals surface area (Å²) in [6, 6.07) is 21.7. The van der Waals surface area contributed by atoms with E-state index >= 15 is 0 Å². The molecule has 3 aromatic rings. The third-order valence-electron chi connectivity index (χ3n) is 4.89. The Kier molecular flexibility index (Phi) is 5.49. The first-order valence-electron chi connectivity index (χ1n) is 9.38. The van der Waals surface area contributed by atoms with Crippen molar-refractivity contribution < 1.29 is 9.59 Å². The van der Waals surface area contributed by atoms with Gasteiger partial charge in [-0.15, -0.1) is 0 Å². The lowest BCUT2D eigenvalue weighted by atomic mass is 9.98. The number of amides is 3. The average molecular weight is 406 g/mol. The third kappa shape index (κ3) is 4.58. The lowest BCUT2D eigenvalue weighted by Crippen LogP contribution is -2.36. The van der Waals surface area contributed by atoms with E-state index in [-0.39, 0.29) is 11.9 Å². The molecule has 0 saturated carbocycles. The van der Waals surface area contributed by atoms with E-state index in [1.807, 2.05) is 53.4 Å². The molecule has 29 heavy (non-hydrogen) atoms. The minimum atomic E-state index is -0.333. The summed E-state index contributed by atoms with van der Waals surface area (Å²) in [5.41, 5.74) is 4.27. The molecule has 6 heteroatoms. The highest BCUT2D eigenvalue weighted by Crippen LogP contribution is 2.24. The highest BCUT2D eigenvalue weighted by Gasteiger charge is 2.22. The number of anilines is 2. The van der Waals surface area contributed by atoms with Gasteiger partial charge in [-0.25, -0.2) is 4.79 Å². The van der Waals surface area contributed by atoms with Crippen molar-refractivity contribution in [3.8, 4) is 0 Å². The van der Waals surface area contributed by atoms with Crippen molar-refractivity contribution in [2.75, 3.05) is 17.2 Å². The minimum Gasteiger partial charge on any atom is -0.334 e. The number of carbonyl (C=O) groups excluding carboxylic acids is 2. The Labute approximate surface area is 174 Å². The highest BCUT2D eigenvalue weighted by molar-refractivity contribution is 6.30. The molecule has 1 heterocycles. The number of carbonyl (C=O) groups is 2. The second kappa shape index (κ2) is 8.37. The number of hydrogen-bond donors (Lipinski definition) is 2. The maximum absolute atomic E-state index is 12.7. The van der Waals surface area contributed by atoms with E-state index in [2.05, 4.69) is 10.6 Å². The van der Waals surface area contributed by atoms with Crippen LogP contribution in [-0.4, -0.2) is 23.4 Å². The highest BCUT2D eigenvalue weighted by atomic mass is 35.5. The second-order valence-electron chi connectivity index (χ2n) is 6.91. The molecule has 0 aromatic heterocycles. The molecule has 0 aliphatic carbocycles. The third-order valence-corrected chi connectivity index (χ3v) is 5.14. The summed E-state index contributed by atoms with van der Waals surface area (Å²) in [5.74, 6) is 0.0232. The topological polar surface area (TPSA) is 61.4 Å². The number of nitrogens with one attached hydrogen (secondary N) is 2. The molecule has 4 rings (SSSR count). The summed E-state index contributed by atoms with van der Waals surface area (Å²) in [6.45, 7) is 1.21. The van der Waals surface area contributed by atoms with Crippen molar-refractivity contribution in [3.63, 3.8) is 0 Å². The predicted molar refractivity (Wildman–Crippen MR) is 115 cm³/mol. The van der Waals surface area contributed by atoms with Gasteiger partial charge >= 0.3 is 6.03 Å². The van der Waals surface area contributed by atoms with Crippen molar-refractivity contribution in [2.24, 2.45) is 0 Å². The summed E-state index contributed by atoms with van der Waals surface area (Å²) in [5, 5.41) is 6.23. The zero-order chi connectivity index (χ0) is 20.2. The maximum Gasteiger partial charge on any atom is 0.323 e. The van der Waals surface area contributed by atoms with E-state index in [0.29, 0.717) is 35.1 Å². The van der Waals surface area contributed by atoms with Crippen LogP contribution in [0.15, 0.2) is 72.8 Å². The van der Waals surface area contributed by atoms with Crippen LogP contribution >= 0.6 is 11.6 Å². The van der Waals surface area contributed by atoms with Crippen LogP contribution in [0.5, 0.6) is 0 Å². The number of rotatable bonds is 3. The van der Waals surface area contributed by atoms with E-state index in [9.17, 15) is 9.59 Å². The number of halogens is 1. The fourth-order valence-corrected chi connectivity index (χ4v) is 3.52. The molecular weight excluding hydrogens is 386 g/mol. The Morgan fingerprint density at radius 2 is 1.52 bits per heavy atom. The van der Waals surface area contributed by atoms with Gasteiger partial charge < -0.3 is 15.5 Å². The Balaban J connectivity index is 1.43. The van der Waals surface area contributed by atoms with Gasteiger partial charge in [0.15, 0.2) is 0 Å². The van der Waals surface area contributed by atoms with Gasteiger partial charge in [0, 0.05) is 35.1 Å². The fraction of sp³-hybridized carbons (Fsp3) is 0.130. The van der Waals surface area contributed by atoms with Crippen molar-refractivity contribution in [2.45, 2.75) is 13.0 Å². The zero-order valence-electron chi connectivity index (χ0n) is 15.7. The van der Waals surface area contributed by atoms with Gasteiger partial charge in [0.25, 0.3) is 5.91 Å². The molecule has 3 aromatic carbocycles. The first-order chi connectivity index (χ1) is 14.1. The van der Waals surface area contributed by atoms with Gasteiger partial charge in [0.1, 0.15) is 0 Å². The van der Waals surface area contributed by atoms with Gasteiger partial charge in [-0.2, -0.15) is 0 Å². The summed E-state index contributed by atoms with van der Waals surface area (Å²) in [7, 11) is 0. The van der Waals surface area contributed by atoms with Gasteiger partial charge in [0.05, 0.1) is 0 Å². The van der Waals surface area contributed by atoms with Crippen LogP contribution in [-0.2, 0) is 13.0 Å². The van der Waals surface area contributed by atoms with Crippen molar-refractivity contribution in [1.29, 1.82) is 0 Å². The van der Waals surface area contributed by atoms with Gasteiger partial charge in [0.2, 0.25) is 0 Å². The van der Waals surface area contributed by atoms with E-state index < -0.39 is 0 Å². The average Bonchev–Trinajstić information content (AvgIpc) is 2.75. The van der Waals surface area contributed by atoms with Crippen molar-refractivity contribution >= 4 is 34.9 Å². The van der Waals surface area contributed by atoms with Crippen molar-refractivity contribution in [3.05, 3.63) is 94.5 Å². The number of hydrogen-bond acceptors (Lipinski definition) is 2. The van der Waals surface area contributed by atoms with Crippen LogP contribution in [0, 0.1) is 0 Å². The second-order valence-corrected chi connectivity index (χ2v) is 7.35. The predicted octanol–water partition coefficient (Wildman–Crippen LogP) is 5.18. The van der Waals surface area contributed by atoms with E-state index in [1.54, 1.807) is 24.3 Å². The quantitative estimate of drug-likeness (QED) is 0.630. The molecule has 5 nitrogen and oxygen atoms in total. The van der Waals surface area contributed by atoms with Crippen LogP contribution in [0.2, 0.25) is 5.02 Å². The molecule has 2 N–H and O–H groups in total. The molecule has 146 valence electrons. The van der Waals surface area contributed by atoms with Gasteiger partial charge in [-0.1, -0.05) is 35.9 Å².